The highest BCUT2D eigenvalue weighted by molar-refractivity contribution is 5.66. The third-order valence-corrected chi connectivity index (χ3v) is 4.68. The third-order valence-electron chi connectivity index (χ3n) is 4.68. The first-order valence-electron chi connectivity index (χ1n) is 8.38. The van der Waals surface area contributed by atoms with Crippen molar-refractivity contribution in [2.75, 3.05) is 4.90 Å². The maximum atomic E-state index is 5.65. The summed E-state index contributed by atoms with van der Waals surface area (Å²) in [4.78, 5) is 2.39. The number of benzene rings is 3. The second kappa shape index (κ2) is 6.50. The van der Waals surface area contributed by atoms with Gasteiger partial charge in [-0.2, -0.15) is 0 Å². The van der Waals surface area contributed by atoms with E-state index >= 15 is 0 Å². The van der Waals surface area contributed by atoms with Gasteiger partial charge in [-0.1, -0.05) is 54.6 Å². The van der Waals surface area contributed by atoms with Crippen LogP contribution in [0, 0.1) is 6.92 Å². The molecular formula is C22H21NO. The minimum absolute atomic E-state index is 0.724. The lowest BCUT2D eigenvalue weighted by molar-refractivity contribution is 0.134. The third kappa shape index (κ3) is 2.81. The van der Waals surface area contributed by atoms with E-state index in [9.17, 15) is 0 Å². The Bertz CT molecular complexity index is 842. The van der Waals surface area contributed by atoms with E-state index in [2.05, 4.69) is 84.6 Å². The van der Waals surface area contributed by atoms with Crippen molar-refractivity contribution in [2.24, 2.45) is 0 Å². The van der Waals surface area contributed by atoms with E-state index in [1.807, 2.05) is 0 Å². The largest absolute Gasteiger partial charge is 0.372 e. The quantitative estimate of drug-likeness (QED) is 0.642. The summed E-state index contributed by atoms with van der Waals surface area (Å²) in [6, 6.07) is 25.7. The molecule has 0 aliphatic carbocycles. The molecule has 120 valence electrons. The molecule has 0 bridgehead atoms. The summed E-state index contributed by atoms with van der Waals surface area (Å²) in [5.41, 5.74) is 7.77. The van der Waals surface area contributed by atoms with Crippen LogP contribution < -0.4 is 4.90 Å². The van der Waals surface area contributed by atoms with Gasteiger partial charge in [-0.15, -0.1) is 0 Å². The van der Waals surface area contributed by atoms with Gasteiger partial charge in [-0.25, -0.2) is 0 Å². The Morgan fingerprint density at radius 3 is 2.46 bits per heavy atom. The first-order chi connectivity index (χ1) is 11.8. The monoisotopic (exact) mass is 315 g/mol. The van der Waals surface area contributed by atoms with Gasteiger partial charge in [-0.3, -0.25) is 0 Å². The first-order valence-corrected chi connectivity index (χ1v) is 8.38. The van der Waals surface area contributed by atoms with Crippen LogP contribution in [0.5, 0.6) is 0 Å². The number of anilines is 2. The molecule has 0 atom stereocenters. The van der Waals surface area contributed by atoms with Crippen LogP contribution in [0.25, 0.3) is 0 Å². The number of ether oxygens (including phenoxy) is 1. The zero-order chi connectivity index (χ0) is 16.4. The summed E-state index contributed by atoms with van der Waals surface area (Å²) < 4.78 is 5.65. The summed E-state index contributed by atoms with van der Waals surface area (Å²) in [7, 11) is 0. The molecule has 0 radical (unpaired) electrons. The van der Waals surface area contributed by atoms with Crippen molar-refractivity contribution < 1.29 is 4.74 Å². The SMILES string of the molecule is Cc1ccccc1N(Cc1cccc2c1COC2)c1ccccc1. The van der Waals surface area contributed by atoms with Crippen LogP contribution in [-0.4, -0.2) is 0 Å². The van der Waals surface area contributed by atoms with Gasteiger partial charge >= 0.3 is 0 Å². The normalized spacial score (nSPS) is 12.9. The molecule has 2 heteroatoms. The standard InChI is InChI=1S/C22H21NO/c1-17-8-5-6-13-22(17)23(20-11-3-2-4-12-20)14-18-9-7-10-19-15-24-16-21(18)19/h2-13H,14-16H2,1H3. The molecule has 0 saturated heterocycles. The Balaban J connectivity index is 1.77. The van der Waals surface area contributed by atoms with E-state index < -0.39 is 0 Å². The van der Waals surface area contributed by atoms with E-state index in [0.29, 0.717) is 0 Å². The Morgan fingerprint density at radius 1 is 0.833 bits per heavy atom. The number of hydrogen-bond acceptors (Lipinski definition) is 2. The molecule has 1 aliphatic heterocycles. The summed E-state index contributed by atoms with van der Waals surface area (Å²) in [6.45, 7) is 4.48. The number of rotatable bonds is 4. The highest BCUT2D eigenvalue weighted by atomic mass is 16.5. The molecule has 1 heterocycles. The lowest BCUT2D eigenvalue weighted by Crippen LogP contribution is -2.18. The van der Waals surface area contributed by atoms with Crippen LogP contribution >= 0.6 is 0 Å². The Morgan fingerprint density at radius 2 is 1.62 bits per heavy atom. The number of aryl methyl sites for hydroxylation is 1. The van der Waals surface area contributed by atoms with Crippen LogP contribution in [0.4, 0.5) is 11.4 Å². The summed E-state index contributed by atoms with van der Waals surface area (Å²) in [5.74, 6) is 0. The highest BCUT2D eigenvalue weighted by Crippen LogP contribution is 2.32. The molecule has 4 rings (SSSR count). The molecular weight excluding hydrogens is 294 g/mol. The lowest BCUT2D eigenvalue weighted by Gasteiger charge is -2.27. The van der Waals surface area contributed by atoms with Crippen molar-refractivity contribution in [1.29, 1.82) is 0 Å². The van der Waals surface area contributed by atoms with Gasteiger partial charge in [0.1, 0.15) is 0 Å². The Labute approximate surface area is 143 Å². The van der Waals surface area contributed by atoms with Gasteiger partial charge < -0.3 is 9.64 Å². The van der Waals surface area contributed by atoms with Crippen molar-refractivity contribution in [2.45, 2.75) is 26.7 Å². The zero-order valence-electron chi connectivity index (χ0n) is 13.9. The van der Waals surface area contributed by atoms with E-state index in [-0.39, 0.29) is 0 Å². The molecule has 0 N–H and O–H groups in total. The van der Waals surface area contributed by atoms with Crippen molar-refractivity contribution in [3.63, 3.8) is 0 Å². The van der Waals surface area contributed by atoms with Gasteiger partial charge in [0.25, 0.3) is 0 Å². The predicted molar refractivity (Wildman–Crippen MR) is 98.4 cm³/mol. The van der Waals surface area contributed by atoms with Gasteiger partial charge in [0.2, 0.25) is 0 Å². The van der Waals surface area contributed by atoms with Crippen molar-refractivity contribution in [3.05, 3.63) is 95.1 Å². The number of nitrogens with zero attached hydrogens (tertiary/aromatic N) is 1. The molecule has 3 aromatic rings. The molecule has 2 nitrogen and oxygen atoms in total. The lowest BCUT2D eigenvalue weighted by atomic mass is 10.0. The highest BCUT2D eigenvalue weighted by Gasteiger charge is 2.18. The Kier molecular flexibility index (Phi) is 4.06. The molecule has 0 unspecified atom stereocenters. The smallest absolute Gasteiger partial charge is 0.0728 e. The van der Waals surface area contributed by atoms with Gasteiger partial charge in [0.15, 0.2) is 0 Å². The van der Waals surface area contributed by atoms with Crippen LogP contribution in [0.1, 0.15) is 22.3 Å². The van der Waals surface area contributed by atoms with Crippen LogP contribution in [0.3, 0.4) is 0 Å². The van der Waals surface area contributed by atoms with Gasteiger partial charge in [0, 0.05) is 17.9 Å². The maximum absolute atomic E-state index is 5.65. The summed E-state index contributed by atoms with van der Waals surface area (Å²) in [6.07, 6.45) is 0. The van der Waals surface area contributed by atoms with Crippen LogP contribution in [0.2, 0.25) is 0 Å². The van der Waals surface area contributed by atoms with Crippen LogP contribution in [-0.2, 0) is 24.5 Å². The fourth-order valence-corrected chi connectivity index (χ4v) is 3.38. The minimum Gasteiger partial charge on any atom is -0.372 e. The Hall–Kier alpha value is -2.58. The van der Waals surface area contributed by atoms with E-state index in [1.54, 1.807) is 0 Å². The zero-order valence-corrected chi connectivity index (χ0v) is 13.9. The minimum atomic E-state index is 0.724. The van der Waals surface area contributed by atoms with Crippen molar-refractivity contribution in [3.8, 4) is 0 Å². The molecule has 1 aliphatic rings. The first kappa shape index (κ1) is 15.0. The van der Waals surface area contributed by atoms with E-state index in [1.165, 1.54) is 33.6 Å². The average Bonchev–Trinajstić information content (AvgIpc) is 3.11. The molecule has 0 saturated carbocycles. The average molecular weight is 315 g/mol. The molecule has 0 spiro atoms. The second-order valence-electron chi connectivity index (χ2n) is 6.26. The van der Waals surface area contributed by atoms with Crippen molar-refractivity contribution in [1.82, 2.24) is 0 Å². The fourth-order valence-electron chi connectivity index (χ4n) is 3.38. The number of fused-ring (bicyclic) bond motifs is 1. The topological polar surface area (TPSA) is 12.5 Å². The predicted octanol–water partition coefficient (Wildman–Crippen LogP) is 5.36. The maximum Gasteiger partial charge on any atom is 0.0728 e. The molecule has 0 amide bonds. The molecule has 0 fully saturated rings. The summed E-state index contributed by atoms with van der Waals surface area (Å²) in [5, 5.41) is 0. The van der Waals surface area contributed by atoms with E-state index in [4.69, 9.17) is 4.74 Å². The van der Waals surface area contributed by atoms with Crippen LogP contribution in [0.15, 0.2) is 72.8 Å². The second-order valence-corrected chi connectivity index (χ2v) is 6.26. The molecule has 3 aromatic carbocycles. The number of para-hydroxylation sites is 2. The van der Waals surface area contributed by atoms with Gasteiger partial charge in [-0.05, 0) is 47.4 Å². The molecule has 0 aromatic heterocycles. The van der Waals surface area contributed by atoms with E-state index in [0.717, 1.165) is 19.8 Å². The summed E-state index contributed by atoms with van der Waals surface area (Å²) >= 11 is 0. The number of hydrogen-bond donors (Lipinski definition) is 0. The van der Waals surface area contributed by atoms with Gasteiger partial charge in [0.05, 0.1) is 13.2 Å². The molecule has 24 heavy (non-hydrogen) atoms. The fraction of sp³-hybridized carbons (Fsp3) is 0.182. The van der Waals surface area contributed by atoms with Crippen molar-refractivity contribution >= 4 is 11.4 Å².